The number of imidazole rings is 1. The van der Waals surface area contributed by atoms with E-state index in [2.05, 4.69) is 10.3 Å². The molecule has 2 aromatic carbocycles. The van der Waals surface area contributed by atoms with Gasteiger partial charge in [-0.1, -0.05) is 36.4 Å². The van der Waals surface area contributed by atoms with Gasteiger partial charge in [0.25, 0.3) is 0 Å². The van der Waals surface area contributed by atoms with E-state index in [9.17, 15) is 17.6 Å². The lowest BCUT2D eigenvalue weighted by molar-refractivity contribution is -0.137. The summed E-state index contributed by atoms with van der Waals surface area (Å²) in [6.45, 7) is 0.135. The molecule has 1 atom stereocenters. The zero-order valence-corrected chi connectivity index (χ0v) is 14.0. The van der Waals surface area contributed by atoms with E-state index in [1.807, 2.05) is 0 Å². The molecule has 0 amide bonds. The van der Waals surface area contributed by atoms with Crippen molar-refractivity contribution >= 4 is 0 Å². The lowest BCUT2D eigenvalue weighted by Crippen LogP contribution is -2.25. The summed E-state index contributed by atoms with van der Waals surface area (Å²) in [5.41, 5.74) is 0.125. The molecular formula is C19H17F4N3. The minimum atomic E-state index is -4.40. The molecule has 0 aliphatic heterocycles. The number of alkyl halides is 3. The standard InChI is InChI=1S/C19H17F4N3/c1-26-10-9-24-18(26)17(15-7-2-3-8-16(15)20)25-12-13-5-4-6-14(11-13)19(21,22)23/h2-11,17,25H,12H2,1H3. The van der Waals surface area contributed by atoms with Gasteiger partial charge < -0.3 is 4.57 Å². The average molecular weight is 363 g/mol. The van der Waals surface area contributed by atoms with E-state index in [1.54, 1.807) is 48.3 Å². The minimum absolute atomic E-state index is 0.135. The van der Waals surface area contributed by atoms with E-state index in [1.165, 1.54) is 12.1 Å². The topological polar surface area (TPSA) is 29.9 Å². The van der Waals surface area contributed by atoms with E-state index in [0.717, 1.165) is 12.1 Å². The van der Waals surface area contributed by atoms with Gasteiger partial charge in [0.05, 0.1) is 11.6 Å². The molecule has 3 rings (SSSR count). The quantitative estimate of drug-likeness (QED) is 0.679. The first-order chi connectivity index (χ1) is 12.4. The second-order valence-electron chi connectivity index (χ2n) is 5.93. The van der Waals surface area contributed by atoms with Crippen molar-refractivity contribution in [1.82, 2.24) is 14.9 Å². The number of hydrogen-bond acceptors (Lipinski definition) is 2. The first kappa shape index (κ1) is 18.1. The summed E-state index contributed by atoms with van der Waals surface area (Å²) in [6, 6.07) is 10.7. The Labute approximate surface area is 148 Å². The number of rotatable bonds is 5. The molecule has 1 heterocycles. The molecule has 0 bridgehead atoms. The zero-order valence-electron chi connectivity index (χ0n) is 14.0. The lowest BCUT2D eigenvalue weighted by Gasteiger charge is -2.20. The Morgan fingerprint density at radius 1 is 1.12 bits per heavy atom. The first-order valence-corrected chi connectivity index (χ1v) is 7.97. The minimum Gasteiger partial charge on any atom is -0.336 e. The molecule has 0 saturated heterocycles. The van der Waals surface area contributed by atoms with Gasteiger partial charge in [0, 0.05) is 31.5 Å². The molecule has 0 saturated carbocycles. The van der Waals surface area contributed by atoms with Crippen molar-refractivity contribution < 1.29 is 17.6 Å². The van der Waals surface area contributed by atoms with Crippen LogP contribution < -0.4 is 5.32 Å². The summed E-state index contributed by atoms with van der Waals surface area (Å²) in [5, 5.41) is 3.12. The smallest absolute Gasteiger partial charge is 0.336 e. The fourth-order valence-corrected chi connectivity index (χ4v) is 2.78. The predicted molar refractivity (Wildman–Crippen MR) is 89.7 cm³/mol. The molecule has 1 unspecified atom stereocenters. The fraction of sp³-hybridized carbons (Fsp3) is 0.211. The van der Waals surface area contributed by atoms with Gasteiger partial charge in [0.15, 0.2) is 0 Å². The van der Waals surface area contributed by atoms with Crippen molar-refractivity contribution in [3.8, 4) is 0 Å². The Morgan fingerprint density at radius 3 is 2.54 bits per heavy atom. The molecule has 1 N–H and O–H groups in total. The van der Waals surface area contributed by atoms with Crippen molar-refractivity contribution in [2.75, 3.05) is 0 Å². The van der Waals surface area contributed by atoms with Crippen molar-refractivity contribution in [2.45, 2.75) is 18.8 Å². The summed E-state index contributed by atoms with van der Waals surface area (Å²) in [7, 11) is 1.78. The van der Waals surface area contributed by atoms with Crippen LogP contribution in [0.15, 0.2) is 60.9 Å². The third-order valence-corrected chi connectivity index (χ3v) is 4.10. The summed E-state index contributed by atoms with van der Waals surface area (Å²) in [5.74, 6) is 0.166. The van der Waals surface area contributed by atoms with E-state index in [4.69, 9.17) is 0 Å². The third kappa shape index (κ3) is 3.94. The largest absolute Gasteiger partial charge is 0.416 e. The SMILES string of the molecule is Cn1ccnc1C(NCc1cccc(C(F)(F)F)c1)c1ccccc1F. The monoisotopic (exact) mass is 363 g/mol. The molecule has 0 aliphatic carbocycles. The molecule has 0 fully saturated rings. The van der Waals surface area contributed by atoms with Gasteiger partial charge in [0.1, 0.15) is 11.6 Å². The van der Waals surface area contributed by atoms with Crippen molar-refractivity contribution in [1.29, 1.82) is 0 Å². The highest BCUT2D eigenvalue weighted by molar-refractivity contribution is 5.29. The van der Waals surface area contributed by atoms with Crippen molar-refractivity contribution in [3.05, 3.63) is 89.3 Å². The maximum atomic E-state index is 14.3. The van der Waals surface area contributed by atoms with Crippen LogP contribution >= 0.6 is 0 Å². The van der Waals surface area contributed by atoms with Crippen molar-refractivity contribution in [2.24, 2.45) is 7.05 Å². The van der Waals surface area contributed by atoms with Crippen molar-refractivity contribution in [3.63, 3.8) is 0 Å². The number of nitrogens with zero attached hydrogens (tertiary/aromatic N) is 2. The second kappa shape index (κ2) is 7.29. The number of benzene rings is 2. The van der Waals surface area contributed by atoms with Crippen LogP contribution in [0.25, 0.3) is 0 Å². The lowest BCUT2D eigenvalue weighted by atomic mass is 10.0. The van der Waals surface area contributed by atoms with E-state index >= 15 is 0 Å². The van der Waals surface area contributed by atoms with Crippen LogP contribution in [0.1, 0.15) is 28.6 Å². The molecule has 26 heavy (non-hydrogen) atoms. The van der Waals surface area contributed by atoms with Gasteiger partial charge in [-0.05, 0) is 17.7 Å². The number of hydrogen-bond donors (Lipinski definition) is 1. The Morgan fingerprint density at radius 2 is 1.88 bits per heavy atom. The Bertz CT molecular complexity index is 886. The summed E-state index contributed by atoms with van der Waals surface area (Å²) in [6.07, 6.45) is -1.08. The van der Waals surface area contributed by atoms with Gasteiger partial charge in [-0.25, -0.2) is 9.37 Å². The first-order valence-electron chi connectivity index (χ1n) is 7.97. The van der Waals surface area contributed by atoms with E-state index in [0.29, 0.717) is 17.0 Å². The number of nitrogens with one attached hydrogen (secondary N) is 1. The highest BCUT2D eigenvalue weighted by Crippen LogP contribution is 2.30. The summed E-state index contributed by atoms with van der Waals surface area (Å²) in [4.78, 5) is 4.26. The van der Waals surface area contributed by atoms with Gasteiger partial charge in [-0.3, -0.25) is 5.32 Å². The Kier molecular flexibility index (Phi) is 5.08. The van der Waals surface area contributed by atoms with Crippen LogP contribution in [0.2, 0.25) is 0 Å². The second-order valence-corrected chi connectivity index (χ2v) is 5.93. The Hall–Kier alpha value is -2.67. The predicted octanol–water partition coefficient (Wildman–Crippen LogP) is 4.46. The normalized spacial score (nSPS) is 13.0. The maximum absolute atomic E-state index is 14.3. The molecule has 1 aromatic heterocycles. The highest BCUT2D eigenvalue weighted by Gasteiger charge is 2.30. The van der Waals surface area contributed by atoms with Crippen LogP contribution in [-0.2, 0) is 19.8 Å². The fourth-order valence-electron chi connectivity index (χ4n) is 2.78. The maximum Gasteiger partial charge on any atom is 0.416 e. The van der Waals surface area contributed by atoms with Crippen LogP contribution in [-0.4, -0.2) is 9.55 Å². The van der Waals surface area contributed by atoms with E-state index in [-0.39, 0.29) is 6.54 Å². The van der Waals surface area contributed by atoms with E-state index < -0.39 is 23.6 Å². The van der Waals surface area contributed by atoms with Gasteiger partial charge >= 0.3 is 6.18 Å². The zero-order chi connectivity index (χ0) is 18.7. The molecule has 136 valence electrons. The summed E-state index contributed by atoms with van der Waals surface area (Å²) >= 11 is 0. The molecule has 0 spiro atoms. The van der Waals surface area contributed by atoms with Crippen LogP contribution in [0, 0.1) is 5.82 Å². The van der Waals surface area contributed by atoms with Crippen LogP contribution in [0.4, 0.5) is 17.6 Å². The number of aryl methyl sites for hydroxylation is 1. The average Bonchev–Trinajstić information content (AvgIpc) is 3.02. The van der Waals surface area contributed by atoms with Gasteiger partial charge in [-0.2, -0.15) is 13.2 Å². The van der Waals surface area contributed by atoms with Gasteiger partial charge in [-0.15, -0.1) is 0 Å². The molecule has 0 radical (unpaired) electrons. The van der Waals surface area contributed by atoms with Gasteiger partial charge in [0.2, 0.25) is 0 Å². The summed E-state index contributed by atoms with van der Waals surface area (Å²) < 4.78 is 54.7. The molecular weight excluding hydrogens is 346 g/mol. The number of halogens is 4. The number of aromatic nitrogens is 2. The molecule has 3 aromatic rings. The molecule has 3 nitrogen and oxygen atoms in total. The third-order valence-electron chi connectivity index (χ3n) is 4.10. The van der Waals surface area contributed by atoms with Crippen LogP contribution in [0.5, 0.6) is 0 Å². The molecule has 7 heteroatoms. The molecule has 0 aliphatic rings. The highest BCUT2D eigenvalue weighted by atomic mass is 19.4. The Balaban J connectivity index is 1.88. The van der Waals surface area contributed by atoms with Crippen LogP contribution in [0.3, 0.4) is 0 Å².